The summed E-state index contributed by atoms with van der Waals surface area (Å²) in [6.45, 7) is 4.04. The number of carbonyl (C=O) groups is 3. The molecule has 4 amide bonds. The van der Waals surface area contributed by atoms with Crippen molar-refractivity contribution in [2.24, 2.45) is 0 Å². The Bertz CT molecular complexity index is 1550. The molecule has 0 aromatic heterocycles. The number of hydrogen-bond acceptors (Lipinski definition) is 8. The summed E-state index contributed by atoms with van der Waals surface area (Å²) in [6, 6.07) is 20.2. The monoisotopic (exact) mass is 661 g/mol. The van der Waals surface area contributed by atoms with Crippen LogP contribution in [0.2, 0.25) is 0 Å². The number of fused-ring (bicyclic) bond motifs is 1. The molecule has 12 heteroatoms. The number of rotatable bonds is 15. The zero-order valence-electron chi connectivity index (χ0n) is 27.8. The summed E-state index contributed by atoms with van der Waals surface area (Å²) in [7, 11) is 1.60. The minimum Gasteiger partial charge on any atom is -0.497 e. The third-order valence-electron chi connectivity index (χ3n) is 8.27. The molecule has 48 heavy (non-hydrogen) atoms. The van der Waals surface area contributed by atoms with E-state index in [4.69, 9.17) is 14.9 Å². The smallest absolute Gasteiger partial charge is 0.315 e. The molecule has 7 N–H and O–H groups in total. The van der Waals surface area contributed by atoms with Gasteiger partial charge >= 0.3 is 6.03 Å². The van der Waals surface area contributed by atoms with Gasteiger partial charge in [0.25, 0.3) is 0 Å². The first kappa shape index (κ1) is 36.3. The van der Waals surface area contributed by atoms with Crippen molar-refractivity contribution < 1.29 is 34.4 Å². The highest BCUT2D eigenvalue weighted by Crippen LogP contribution is 2.32. The van der Waals surface area contributed by atoms with E-state index >= 15 is 0 Å². The minimum atomic E-state index is -0.934. The predicted octanol–water partition coefficient (Wildman–Crippen LogP) is 2.23. The van der Waals surface area contributed by atoms with E-state index in [1.54, 1.807) is 12.0 Å². The maximum Gasteiger partial charge on any atom is 0.315 e. The van der Waals surface area contributed by atoms with Crippen LogP contribution in [0.1, 0.15) is 43.4 Å². The van der Waals surface area contributed by atoms with Crippen molar-refractivity contribution in [1.29, 1.82) is 0 Å². The highest BCUT2D eigenvalue weighted by atomic mass is 16.5. The third kappa shape index (κ3) is 10.0. The molecule has 4 rings (SSSR count). The number of β-amino-alcohol motifs (C(OH)–C–C–N with tert-alkyl or cyclic N) is 1. The van der Waals surface area contributed by atoms with Crippen LogP contribution in [0.5, 0.6) is 5.75 Å². The number of nitrogens with one attached hydrogen (secondary N) is 4. The lowest BCUT2D eigenvalue weighted by Crippen LogP contribution is -2.51. The van der Waals surface area contributed by atoms with Gasteiger partial charge in [-0.1, -0.05) is 48.5 Å². The van der Waals surface area contributed by atoms with Gasteiger partial charge in [0.05, 0.1) is 33.0 Å². The normalized spacial score (nSPS) is 15.2. The molecule has 0 aliphatic carbocycles. The van der Waals surface area contributed by atoms with Gasteiger partial charge in [0.1, 0.15) is 11.8 Å². The Morgan fingerprint density at radius 3 is 2.50 bits per heavy atom. The standard InChI is InChI=1S/C36H47N5O7/c1-36(2,39-21-28(44)23-43)19-33(45)40-31-14-12-26-18-29(48-3)13-15-32(26)41(34(31)46)22-24-8-10-25(11-9-24)30-7-5-4-6-27(30)20-38-35(47)37-16-17-42/h4-11,13,15,18,28,31,39,42-44H,12,14,16-17,19-23H2,1-3H3,(H,40,45)(H2,37,38,47)/t28-,31+/m0/s1. The zero-order valence-corrected chi connectivity index (χ0v) is 27.8. The van der Waals surface area contributed by atoms with Gasteiger partial charge in [0, 0.05) is 37.3 Å². The van der Waals surface area contributed by atoms with E-state index in [2.05, 4.69) is 21.3 Å². The van der Waals surface area contributed by atoms with E-state index in [9.17, 15) is 19.5 Å². The number of ether oxygens (including phenoxy) is 1. The van der Waals surface area contributed by atoms with Crippen LogP contribution in [0.15, 0.2) is 66.7 Å². The van der Waals surface area contributed by atoms with Crippen LogP contribution in [-0.4, -0.2) is 84.3 Å². The van der Waals surface area contributed by atoms with Gasteiger partial charge in [-0.2, -0.15) is 0 Å². The van der Waals surface area contributed by atoms with E-state index in [1.807, 2.05) is 80.6 Å². The summed E-state index contributed by atoms with van der Waals surface area (Å²) in [5.74, 6) is 0.176. The summed E-state index contributed by atoms with van der Waals surface area (Å²) in [4.78, 5) is 41.0. The number of urea groups is 1. The van der Waals surface area contributed by atoms with E-state index in [0.717, 1.165) is 33.5 Å². The maximum absolute atomic E-state index is 14.1. The SMILES string of the molecule is COc1ccc2c(c1)CC[C@@H](NC(=O)CC(C)(C)NC[C@H](O)CO)C(=O)N2Cc1ccc(-c2ccccc2CNC(=O)NCCO)cc1. The largest absolute Gasteiger partial charge is 0.497 e. The predicted molar refractivity (Wildman–Crippen MR) is 183 cm³/mol. The van der Waals surface area contributed by atoms with Crippen LogP contribution in [0.3, 0.4) is 0 Å². The van der Waals surface area contributed by atoms with Crippen molar-refractivity contribution in [1.82, 2.24) is 21.3 Å². The summed E-state index contributed by atoms with van der Waals surface area (Å²) in [5, 5.41) is 39.2. The zero-order chi connectivity index (χ0) is 34.7. The van der Waals surface area contributed by atoms with Crippen molar-refractivity contribution in [3.63, 3.8) is 0 Å². The highest BCUT2D eigenvalue weighted by Gasteiger charge is 2.33. The number of methoxy groups -OCH3 is 1. The van der Waals surface area contributed by atoms with Gasteiger partial charge in [-0.15, -0.1) is 0 Å². The number of hydrogen-bond donors (Lipinski definition) is 7. The summed E-state index contributed by atoms with van der Waals surface area (Å²) in [5.41, 5.74) is 4.77. The summed E-state index contributed by atoms with van der Waals surface area (Å²) in [6.07, 6.45) is 0.115. The molecular formula is C36H47N5O7. The lowest BCUT2D eigenvalue weighted by atomic mass is 9.98. The van der Waals surface area contributed by atoms with Crippen molar-refractivity contribution >= 4 is 23.5 Å². The lowest BCUT2D eigenvalue weighted by molar-refractivity contribution is -0.128. The number of benzene rings is 3. The molecule has 0 saturated heterocycles. The van der Waals surface area contributed by atoms with Crippen LogP contribution in [0.25, 0.3) is 11.1 Å². The Kier molecular flexibility index (Phi) is 12.9. The maximum atomic E-state index is 14.1. The molecule has 0 fully saturated rings. The topological polar surface area (TPSA) is 172 Å². The Hall–Kier alpha value is -4.49. The van der Waals surface area contributed by atoms with E-state index < -0.39 is 17.7 Å². The molecule has 0 radical (unpaired) electrons. The first-order chi connectivity index (χ1) is 23.0. The average Bonchev–Trinajstić information content (AvgIpc) is 3.21. The number of amides is 4. The van der Waals surface area contributed by atoms with Crippen molar-refractivity contribution in [3.8, 4) is 16.9 Å². The van der Waals surface area contributed by atoms with E-state index in [0.29, 0.717) is 25.1 Å². The second-order valence-electron chi connectivity index (χ2n) is 12.5. The van der Waals surface area contributed by atoms with E-state index in [1.165, 1.54) is 0 Å². The molecule has 3 aromatic carbocycles. The van der Waals surface area contributed by atoms with Gasteiger partial charge in [0.2, 0.25) is 11.8 Å². The van der Waals surface area contributed by atoms with Crippen molar-refractivity contribution in [2.75, 3.05) is 38.3 Å². The molecule has 0 spiro atoms. The van der Waals surface area contributed by atoms with Gasteiger partial charge in [-0.05, 0) is 72.7 Å². The highest BCUT2D eigenvalue weighted by molar-refractivity contribution is 6.00. The van der Waals surface area contributed by atoms with E-state index in [-0.39, 0.29) is 57.1 Å². The van der Waals surface area contributed by atoms with Gasteiger partial charge in [-0.3, -0.25) is 9.59 Å². The third-order valence-corrected chi connectivity index (χ3v) is 8.27. The fourth-order valence-corrected chi connectivity index (χ4v) is 5.68. The van der Waals surface area contributed by atoms with Crippen LogP contribution >= 0.6 is 0 Å². The molecule has 258 valence electrons. The van der Waals surface area contributed by atoms with Gasteiger partial charge in [-0.25, -0.2) is 4.79 Å². The first-order valence-corrected chi connectivity index (χ1v) is 16.1. The molecule has 2 atom stereocenters. The molecule has 0 saturated carbocycles. The number of nitrogens with zero attached hydrogens (tertiary/aromatic N) is 1. The number of aryl methyl sites for hydroxylation is 1. The molecule has 0 bridgehead atoms. The second-order valence-corrected chi connectivity index (χ2v) is 12.5. The van der Waals surface area contributed by atoms with Crippen LogP contribution in [0, 0.1) is 0 Å². The van der Waals surface area contributed by atoms with Gasteiger partial charge in [0.15, 0.2) is 0 Å². The number of anilines is 1. The molecular weight excluding hydrogens is 614 g/mol. The second kappa shape index (κ2) is 17.1. The lowest BCUT2D eigenvalue weighted by Gasteiger charge is -2.29. The first-order valence-electron chi connectivity index (χ1n) is 16.1. The minimum absolute atomic E-state index is 0.0709. The Labute approximate surface area is 281 Å². The van der Waals surface area contributed by atoms with Crippen molar-refractivity contribution in [3.05, 3.63) is 83.4 Å². The summed E-state index contributed by atoms with van der Waals surface area (Å²) >= 11 is 0. The Balaban J connectivity index is 1.52. The molecule has 12 nitrogen and oxygen atoms in total. The van der Waals surface area contributed by atoms with Crippen LogP contribution in [-0.2, 0) is 29.1 Å². The number of aliphatic hydroxyl groups is 3. The van der Waals surface area contributed by atoms with Crippen LogP contribution in [0.4, 0.5) is 10.5 Å². The molecule has 3 aromatic rings. The fraction of sp³-hybridized carbons (Fsp3) is 0.417. The van der Waals surface area contributed by atoms with Gasteiger partial charge < -0.3 is 46.2 Å². The molecule has 1 aliphatic heterocycles. The van der Waals surface area contributed by atoms with Crippen molar-refractivity contribution in [2.45, 2.75) is 63.9 Å². The Morgan fingerprint density at radius 1 is 1.04 bits per heavy atom. The quantitative estimate of drug-likeness (QED) is 0.130. The molecule has 0 unspecified atom stereocenters. The number of carbonyl (C=O) groups excluding carboxylic acids is 3. The fourth-order valence-electron chi connectivity index (χ4n) is 5.68. The summed E-state index contributed by atoms with van der Waals surface area (Å²) < 4.78 is 5.46. The molecule has 1 aliphatic rings. The Morgan fingerprint density at radius 2 is 1.79 bits per heavy atom. The molecule has 1 heterocycles. The number of aliphatic hydroxyl groups excluding tert-OH is 3. The van der Waals surface area contributed by atoms with Crippen LogP contribution < -0.4 is 30.9 Å². The average molecular weight is 662 g/mol.